The van der Waals surface area contributed by atoms with Crippen molar-refractivity contribution in [3.63, 3.8) is 0 Å². The van der Waals surface area contributed by atoms with E-state index in [0.717, 1.165) is 12.8 Å². The van der Waals surface area contributed by atoms with E-state index in [1.807, 2.05) is 53.6 Å². The first kappa shape index (κ1) is 40.3. The second kappa shape index (κ2) is 15.1. The van der Waals surface area contributed by atoms with Crippen molar-refractivity contribution < 1.29 is 52.9 Å². The molecule has 0 spiro atoms. The number of nitrogens with zero attached hydrogens (tertiary/aromatic N) is 1. The molecule has 2 N–H and O–H groups in total. The van der Waals surface area contributed by atoms with Gasteiger partial charge in [0.2, 0.25) is 0 Å². The van der Waals surface area contributed by atoms with E-state index in [1.165, 1.54) is 0 Å². The Hall–Kier alpha value is -0.930. The normalized spacial score (nSPS) is 53.2. The average Bonchev–Trinajstić information content (AvgIpc) is 3.60. The Kier molecular flexibility index (Phi) is 12.1. The molecule has 0 aliphatic carbocycles. The third-order valence-electron chi connectivity index (χ3n) is 12.8. The van der Waals surface area contributed by atoms with E-state index in [-0.39, 0.29) is 42.6 Å². The summed E-state index contributed by atoms with van der Waals surface area (Å²) in [5, 5.41) is 22.5. The first-order valence-electron chi connectivity index (χ1n) is 19.1. The molecule has 0 aromatic heterocycles. The Morgan fingerprint density at radius 2 is 1.62 bits per heavy atom. The summed E-state index contributed by atoms with van der Waals surface area (Å²) in [6, 6.07) is -0.168. The molecule has 5 saturated heterocycles. The van der Waals surface area contributed by atoms with Crippen LogP contribution >= 0.6 is 0 Å². The number of epoxide rings is 1. The van der Waals surface area contributed by atoms with Crippen molar-refractivity contribution in [2.24, 2.45) is 23.7 Å². The van der Waals surface area contributed by atoms with Crippen molar-refractivity contribution in [3.8, 4) is 0 Å². The molecule has 12 nitrogen and oxygen atoms in total. The number of carbonyl (C=O) groups is 1. The van der Waals surface area contributed by atoms with Crippen molar-refractivity contribution in [2.75, 3.05) is 21.2 Å². The molecule has 5 heterocycles. The highest BCUT2D eigenvalue weighted by Gasteiger charge is 2.64. The molecule has 12 heteroatoms. The predicted molar refractivity (Wildman–Crippen MR) is 185 cm³/mol. The lowest BCUT2D eigenvalue weighted by molar-refractivity contribution is -0.318. The number of likely N-dealkylation sites (N-methyl/N-ethyl adjacent to an activating group) is 1. The van der Waals surface area contributed by atoms with Crippen molar-refractivity contribution in [1.82, 2.24) is 4.90 Å². The molecule has 0 aromatic rings. The van der Waals surface area contributed by atoms with Gasteiger partial charge in [0.15, 0.2) is 12.6 Å². The maximum absolute atomic E-state index is 14.4. The number of aliphatic hydroxyl groups is 2. The van der Waals surface area contributed by atoms with Crippen LogP contribution in [-0.2, 0) is 42.7 Å². The molecule has 2 bridgehead atoms. The van der Waals surface area contributed by atoms with Gasteiger partial charge in [-0.25, -0.2) is 0 Å². The van der Waals surface area contributed by atoms with Gasteiger partial charge in [-0.1, -0.05) is 34.1 Å². The van der Waals surface area contributed by atoms with Crippen LogP contribution in [0, 0.1) is 23.7 Å². The third-order valence-corrected chi connectivity index (χ3v) is 12.8. The lowest BCUT2D eigenvalue weighted by Gasteiger charge is -2.48. The minimum atomic E-state index is -0.932. The van der Waals surface area contributed by atoms with Crippen LogP contribution in [0.25, 0.3) is 0 Å². The summed E-state index contributed by atoms with van der Waals surface area (Å²) < 4.78 is 52.1. The summed E-state index contributed by atoms with van der Waals surface area (Å²) in [7, 11) is 5.47. The number of fused-ring (bicyclic) bond motifs is 2. The van der Waals surface area contributed by atoms with Gasteiger partial charge in [0.25, 0.3) is 0 Å². The molecule has 8 unspecified atom stereocenters. The molecule has 0 amide bonds. The molecule has 50 heavy (non-hydrogen) atoms. The molecule has 0 aromatic carbocycles. The van der Waals surface area contributed by atoms with Crippen molar-refractivity contribution >= 4 is 5.97 Å². The second-order valence-electron chi connectivity index (χ2n) is 17.2. The first-order chi connectivity index (χ1) is 23.3. The number of aliphatic hydroxyl groups excluding tert-OH is 2. The maximum atomic E-state index is 14.4. The number of rotatable bonds is 9. The van der Waals surface area contributed by atoms with Crippen LogP contribution in [0.3, 0.4) is 0 Å². The van der Waals surface area contributed by atoms with Crippen LogP contribution in [0.2, 0.25) is 0 Å². The Balaban J connectivity index is 1.56. The van der Waals surface area contributed by atoms with Crippen LogP contribution < -0.4 is 0 Å². The number of carbonyl (C=O) groups excluding carboxylic acids is 1. The Morgan fingerprint density at radius 1 is 0.940 bits per heavy atom. The molecule has 290 valence electrons. The predicted octanol–water partition coefficient (Wildman–Crippen LogP) is 4.06. The van der Waals surface area contributed by atoms with E-state index in [2.05, 4.69) is 27.7 Å². The smallest absolute Gasteiger partial charge is 0.311 e. The molecule has 5 rings (SSSR count). The minimum Gasteiger partial charge on any atom is -0.459 e. The fraction of sp³-hybridized carbons (Fsp3) is 0.974. The van der Waals surface area contributed by atoms with Gasteiger partial charge in [0.1, 0.15) is 23.9 Å². The molecule has 5 aliphatic heterocycles. The molecule has 5 fully saturated rings. The fourth-order valence-corrected chi connectivity index (χ4v) is 9.72. The minimum absolute atomic E-state index is 0.00910. The zero-order chi connectivity index (χ0) is 37.1. The Bertz CT molecular complexity index is 1180. The highest BCUT2D eigenvalue weighted by Crippen LogP contribution is 2.52. The van der Waals surface area contributed by atoms with Gasteiger partial charge in [-0.15, -0.1) is 0 Å². The fourth-order valence-electron chi connectivity index (χ4n) is 9.72. The maximum Gasteiger partial charge on any atom is 0.311 e. The van der Waals surface area contributed by atoms with Gasteiger partial charge < -0.3 is 53.0 Å². The number of ether oxygens (including phenoxy) is 8. The van der Waals surface area contributed by atoms with Gasteiger partial charge in [-0.2, -0.15) is 0 Å². The van der Waals surface area contributed by atoms with Crippen LogP contribution in [0.15, 0.2) is 0 Å². The SMILES string of the molecule is CCC[C@@H]1O[C@@]1(C)[C@@H]1OC(=O)[C@H](C)[C@@H](OC2CC(C)(OC)C(O)C(C)O2)[C@H](C)[C@@H](OC2OC(C)CC(N(C)C)C2O)[C@@]2(C)C[C@@H](C)[C@@H](O2)[C@@H]1C. The summed E-state index contributed by atoms with van der Waals surface area (Å²) in [6.45, 7) is 20.0. The lowest BCUT2D eigenvalue weighted by Crippen LogP contribution is -2.60. The topological polar surface area (TPSA) is 138 Å². The van der Waals surface area contributed by atoms with Gasteiger partial charge >= 0.3 is 5.97 Å². The van der Waals surface area contributed by atoms with E-state index >= 15 is 0 Å². The monoisotopic (exact) mass is 713 g/mol. The summed E-state index contributed by atoms with van der Waals surface area (Å²) in [5.74, 6) is -1.68. The van der Waals surface area contributed by atoms with Gasteiger partial charge in [0.05, 0.1) is 53.7 Å². The van der Waals surface area contributed by atoms with Crippen LogP contribution in [0.5, 0.6) is 0 Å². The molecule has 5 aliphatic rings. The number of cyclic esters (lactones) is 1. The van der Waals surface area contributed by atoms with E-state index in [9.17, 15) is 15.0 Å². The first-order valence-corrected chi connectivity index (χ1v) is 19.1. The molecule has 0 radical (unpaired) electrons. The van der Waals surface area contributed by atoms with E-state index in [4.69, 9.17) is 37.9 Å². The zero-order valence-corrected chi connectivity index (χ0v) is 32.8. The largest absolute Gasteiger partial charge is 0.459 e. The van der Waals surface area contributed by atoms with E-state index in [0.29, 0.717) is 12.8 Å². The number of hydrogen-bond acceptors (Lipinski definition) is 12. The van der Waals surface area contributed by atoms with Crippen molar-refractivity contribution in [2.45, 2.75) is 192 Å². The highest BCUT2D eigenvalue weighted by atomic mass is 16.7. The van der Waals surface area contributed by atoms with Crippen LogP contribution in [0.4, 0.5) is 0 Å². The van der Waals surface area contributed by atoms with Gasteiger partial charge in [-0.05, 0) is 80.8 Å². The summed E-state index contributed by atoms with van der Waals surface area (Å²) >= 11 is 0. The summed E-state index contributed by atoms with van der Waals surface area (Å²) in [6.07, 6.45) is -3.04. The van der Waals surface area contributed by atoms with E-state index < -0.39 is 83.8 Å². The number of methoxy groups -OCH3 is 1. The Labute approximate surface area is 300 Å². The summed E-state index contributed by atoms with van der Waals surface area (Å²) in [5.41, 5.74) is -2.39. The third kappa shape index (κ3) is 7.54. The molecular formula is C38H67NO11. The Morgan fingerprint density at radius 3 is 2.24 bits per heavy atom. The van der Waals surface area contributed by atoms with Crippen molar-refractivity contribution in [1.29, 1.82) is 0 Å². The number of esters is 1. The lowest BCUT2D eigenvalue weighted by atomic mass is 9.77. The highest BCUT2D eigenvalue weighted by molar-refractivity contribution is 5.73. The number of hydrogen-bond donors (Lipinski definition) is 2. The van der Waals surface area contributed by atoms with Crippen LogP contribution in [0.1, 0.15) is 101 Å². The van der Waals surface area contributed by atoms with Gasteiger partial charge in [0, 0.05) is 31.4 Å². The van der Waals surface area contributed by atoms with Crippen molar-refractivity contribution in [3.05, 3.63) is 0 Å². The molecular weight excluding hydrogens is 646 g/mol. The quantitative estimate of drug-likeness (QED) is 0.263. The van der Waals surface area contributed by atoms with E-state index in [1.54, 1.807) is 14.0 Å². The average molecular weight is 714 g/mol. The molecule has 0 saturated carbocycles. The second-order valence-corrected chi connectivity index (χ2v) is 17.2. The summed E-state index contributed by atoms with van der Waals surface area (Å²) in [4.78, 5) is 16.4. The standard InChI is InChI=1S/C38H67NO11/c1-14-15-26-38(10,49-26)33-21(4)29-19(2)17-37(9,50-29)32(48-35-28(40)25(39(11)12)16-20(3)44-35)22(5)30(23(6)34(42)47-33)46-27-18-36(8,43-13)31(41)24(7)45-27/h19-33,35,40-41H,14-18H2,1-13H3/t19-,20?,21+,22+,23-,24?,25?,26+,27?,28?,29-,30+,31?,32-,33-,35?,36?,37-,38-/m1/s1. The molecule has 19 atom stereocenters. The van der Waals surface area contributed by atoms with Crippen LogP contribution in [-0.4, -0.2) is 133 Å². The zero-order valence-electron chi connectivity index (χ0n) is 32.8. The van der Waals surface area contributed by atoms with Gasteiger partial charge in [-0.3, -0.25) is 4.79 Å².